The molecule has 0 aliphatic rings. The molecular weight excluding hydrogens is 343 g/mol. The Labute approximate surface area is 107 Å². The average molecular weight is 348 g/mol. The van der Waals surface area contributed by atoms with E-state index in [4.69, 9.17) is 5.11 Å². The molecule has 0 rings (SSSR count). The lowest BCUT2D eigenvalue weighted by molar-refractivity contribution is -0.474. The molecular formula is C6H5F11NO3+. The lowest BCUT2D eigenvalue weighted by Crippen LogP contribution is -2.61. The monoisotopic (exact) mass is 348 g/mol. The summed E-state index contributed by atoms with van der Waals surface area (Å²) in [7, 11) is 0. The number of quaternary nitrogens is 1. The van der Waals surface area contributed by atoms with Gasteiger partial charge in [-0.2, -0.15) is 48.3 Å². The largest absolute Gasteiger partial charge is 0.477 e. The molecule has 0 saturated carbocycles. The molecule has 0 aliphatic carbocycles. The number of halogens is 11. The normalized spacial score (nSPS) is 16.9. The molecule has 128 valence electrons. The van der Waals surface area contributed by atoms with Crippen molar-refractivity contribution < 1.29 is 62.9 Å². The molecule has 5 N–H and O–H groups in total. The Morgan fingerprint density at radius 2 is 1.10 bits per heavy atom. The van der Waals surface area contributed by atoms with E-state index in [1.165, 1.54) is 0 Å². The number of ether oxygens (including phenoxy) is 1. The van der Waals surface area contributed by atoms with Gasteiger partial charge in [0.15, 0.2) is 0 Å². The predicted octanol–water partition coefficient (Wildman–Crippen LogP) is 3.48. The molecule has 1 atom stereocenters. The van der Waals surface area contributed by atoms with E-state index < -0.39 is 36.2 Å². The summed E-state index contributed by atoms with van der Waals surface area (Å²) in [4.78, 5) is 9.84. The first-order valence-corrected chi connectivity index (χ1v) is 3.91. The maximum Gasteiger partial charge on any atom is 0.462 e. The quantitative estimate of drug-likeness (QED) is 0.763. The van der Waals surface area contributed by atoms with Crippen molar-refractivity contribution >= 4 is 5.97 Å². The molecule has 0 spiro atoms. The highest BCUT2D eigenvalue weighted by molar-refractivity contribution is 5.76. The van der Waals surface area contributed by atoms with E-state index in [0.29, 0.717) is 0 Å². The van der Waals surface area contributed by atoms with E-state index in [1.807, 2.05) is 0 Å². The third-order valence-corrected chi connectivity index (χ3v) is 1.63. The fourth-order valence-corrected chi connectivity index (χ4v) is 0.628. The minimum absolute atomic E-state index is 0. The highest BCUT2D eigenvalue weighted by Crippen LogP contribution is 2.50. The van der Waals surface area contributed by atoms with Crippen LogP contribution >= 0.6 is 0 Å². The van der Waals surface area contributed by atoms with E-state index in [2.05, 4.69) is 0 Å². The lowest BCUT2D eigenvalue weighted by Gasteiger charge is -2.32. The Morgan fingerprint density at radius 3 is 1.29 bits per heavy atom. The van der Waals surface area contributed by atoms with Gasteiger partial charge in [-0.1, -0.05) is 0 Å². The fraction of sp³-hybridized carbons (Fsp3) is 0.833. The summed E-state index contributed by atoms with van der Waals surface area (Å²) < 4.78 is 134. The standard InChI is InChI=1S/C6HF11O3.H3N/c7-2(1(18)19,4(10,11)12)20-6(16,17)3(8,9)5(13,14)15;/h(H,18,19);1H3/p+1. The fourth-order valence-electron chi connectivity index (χ4n) is 0.628. The van der Waals surface area contributed by atoms with Crippen molar-refractivity contribution in [1.82, 2.24) is 6.15 Å². The summed E-state index contributed by atoms with van der Waals surface area (Å²) in [6.45, 7) is 0. The van der Waals surface area contributed by atoms with Gasteiger partial charge in [0.25, 0.3) is 0 Å². The van der Waals surface area contributed by atoms with E-state index >= 15 is 0 Å². The molecule has 0 heterocycles. The maximum absolute atomic E-state index is 12.7. The van der Waals surface area contributed by atoms with Crippen LogP contribution in [-0.4, -0.2) is 41.3 Å². The summed E-state index contributed by atoms with van der Waals surface area (Å²) >= 11 is 0. The van der Waals surface area contributed by atoms with E-state index in [-0.39, 0.29) is 6.15 Å². The molecule has 0 saturated heterocycles. The molecule has 4 nitrogen and oxygen atoms in total. The van der Waals surface area contributed by atoms with Gasteiger partial charge in [-0.15, -0.1) is 0 Å². The number of aliphatic carboxylic acids is 1. The Balaban J connectivity index is 0. The van der Waals surface area contributed by atoms with Crippen LogP contribution in [0.25, 0.3) is 0 Å². The van der Waals surface area contributed by atoms with Crippen LogP contribution in [0, 0.1) is 0 Å². The van der Waals surface area contributed by atoms with Crippen molar-refractivity contribution in [3.05, 3.63) is 0 Å². The van der Waals surface area contributed by atoms with Crippen molar-refractivity contribution in [2.75, 3.05) is 0 Å². The van der Waals surface area contributed by atoms with Crippen molar-refractivity contribution in [2.45, 2.75) is 30.2 Å². The molecule has 0 radical (unpaired) electrons. The lowest BCUT2D eigenvalue weighted by atomic mass is 10.2. The summed E-state index contributed by atoms with van der Waals surface area (Å²) in [5.74, 6) is -17.6. The third-order valence-electron chi connectivity index (χ3n) is 1.63. The number of rotatable bonds is 4. The van der Waals surface area contributed by atoms with Crippen molar-refractivity contribution in [3.8, 4) is 0 Å². The van der Waals surface area contributed by atoms with Gasteiger partial charge in [0.05, 0.1) is 0 Å². The summed E-state index contributed by atoms with van der Waals surface area (Å²) in [5, 5.41) is 7.72. The van der Waals surface area contributed by atoms with Gasteiger partial charge >= 0.3 is 36.2 Å². The smallest absolute Gasteiger partial charge is 0.462 e. The zero-order valence-electron chi connectivity index (χ0n) is 9.42. The number of carbonyl (C=O) groups is 1. The van der Waals surface area contributed by atoms with Crippen molar-refractivity contribution in [1.29, 1.82) is 0 Å². The Bertz CT molecular complexity index is 388. The minimum atomic E-state index is -7.27. The molecule has 15 heteroatoms. The third kappa shape index (κ3) is 3.63. The van der Waals surface area contributed by atoms with E-state index in [0.717, 1.165) is 0 Å². The van der Waals surface area contributed by atoms with Crippen LogP contribution < -0.4 is 6.15 Å². The molecule has 0 bridgehead atoms. The number of carboxylic acids is 1. The summed E-state index contributed by atoms with van der Waals surface area (Å²) in [6.07, 6.45) is -21.1. The van der Waals surface area contributed by atoms with Crippen LogP contribution in [0.3, 0.4) is 0 Å². The van der Waals surface area contributed by atoms with E-state index in [1.54, 1.807) is 4.74 Å². The SMILES string of the molecule is O=C(O)C(F)(OC(F)(F)C(F)(F)C(F)(F)F)C(F)(F)F.[NH4+]. The van der Waals surface area contributed by atoms with Gasteiger partial charge in [0.1, 0.15) is 0 Å². The highest BCUT2D eigenvalue weighted by atomic mass is 19.4. The average Bonchev–Trinajstić information content (AvgIpc) is 2.12. The molecule has 1 unspecified atom stereocenters. The second kappa shape index (κ2) is 5.43. The Morgan fingerprint density at radius 1 is 0.762 bits per heavy atom. The maximum atomic E-state index is 12.7. The number of alkyl halides is 11. The first-order valence-electron chi connectivity index (χ1n) is 3.91. The van der Waals surface area contributed by atoms with Gasteiger partial charge in [-0.05, 0) is 0 Å². The van der Waals surface area contributed by atoms with E-state index in [9.17, 15) is 53.1 Å². The van der Waals surface area contributed by atoms with Crippen LogP contribution in [0.15, 0.2) is 0 Å². The summed E-state index contributed by atoms with van der Waals surface area (Å²) in [6, 6.07) is 0. The zero-order valence-corrected chi connectivity index (χ0v) is 9.42. The second-order valence-electron chi connectivity index (χ2n) is 3.09. The molecule has 0 aromatic heterocycles. The number of hydrogen-bond donors (Lipinski definition) is 2. The Kier molecular flexibility index (Phi) is 5.67. The van der Waals surface area contributed by atoms with Gasteiger partial charge in [0, 0.05) is 0 Å². The number of carboxylic acid groups (broad SMARTS) is 1. The van der Waals surface area contributed by atoms with Gasteiger partial charge in [-0.25, -0.2) is 4.79 Å². The summed E-state index contributed by atoms with van der Waals surface area (Å²) in [5.41, 5.74) is 0. The van der Waals surface area contributed by atoms with Gasteiger partial charge in [-0.3, -0.25) is 4.74 Å². The first kappa shape index (κ1) is 21.9. The molecule has 0 amide bonds. The highest BCUT2D eigenvalue weighted by Gasteiger charge is 2.79. The zero-order chi connectivity index (χ0) is 16.8. The Hall–Kier alpha value is -1.38. The second-order valence-corrected chi connectivity index (χ2v) is 3.09. The first-order chi connectivity index (χ1) is 8.40. The van der Waals surface area contributed by atoms with Gasteiger partial charge in [0.2, 0.25) is 0 Å². The molecule has 0 aliphatic heterocycles. The van der Waals surface area contributed by atoms with Crippen LogP contribution in [0.4, 0.5) is 48.3 Å². The van der Waals surface area contributed by atoms with Crippen LogP contribution in [0.5, 0.6) is 0 Å². The molecule has 0 aromatic carbocycles. The van der Waals surface area contributed by atoms with Crippen molar-refractivity contribution in [2.24, 2.45) is 0 Å². The molecule has 0 fully saturated rings. The topological polar surface area (TPSA) is 83.0 Å². The molecule has 0 aromatic rings. The van der Waals surface area contributed by atoms with Crippen LogP contribution in [-0.2, 0) is 9.53 Å². The molecule has 21 heavy (non-hydrogen) atoms. The van der Waals surface area contributed by atoms with Crippen LogP contribution in [0.1, 0.15) is 0 Å². The predicted molar refractivity (Wildman–Crippen MR) is 40.5 cm³/mol. The van der Waals surface area contributed by atoms with Gasteiger partial charge < -0.3 is 11.3 Å². The van der Waals surface area contributed by atoms with Crippen molar-refractivity contribution in [3.63, 3.8) is 0 Å². The van der Waals surface area contributed by atoms with Crippen LogP contribution in [0.2, 0.25) is 0 Å². The number of hydrogen-bond acceptors (Lipinski definition) is 2. The minimum Gasteiger partial charge on any atom is -0.477 e.